The number of hydrogen-bond acceptors (Lipinski definition) is 4. The van der Waals surface area contributed by atoms with Crippen LogP contribution in [0.3, 0.4) is 0 Å². The second-order valence-electron chi connectivity index (χ2n) is 4.58. The maximum absolute atomic E-state index is 5.99. The van der Waals surface area contributed by atoms with E-state index in [1.54, 1.807) is 19.5 Å². The summed E-state index contributed by atoms with van der Waals surface area (Å²) in [5.74, 6) is 0.614. The number of halogens is 1. The van der Waals surface area contributed by atoms with Gasteiger partial charge in [0.15, 0.2) is 0 Å². The molecule has 3 aromatic rings. The Morgan fingerprint density at radius 3 is 2.81 bits per heavy atom. The van der Waals surface area contributed by atoms with Crippen LogP contribution in [0.25, 0.3) is 10.9 Å². The van der Waals surface area contributed by atoms with E-state index in [9.17, 15) is 0 Å². The number of aromatic nitrogens is 2. The van der Waals surface area contributed by atoms with Gasteiger partial charge >= 0.3 is 0 Å². The highest BCUT2D eigenvalue weighted by atomic mass is 35.5. The van der Waals surface area contributed by atoms with E-state index in [0.717, 1.165) is 22.2 Å². The summed E-state index contributed by atoms with van der Waals surface area (Å²) in [6.45, 7) is 0.679. The molecule has 0 unspecified atom stereocenters. The molecule has 0 amide bonds. The Kier molecular flexibility index (Phi) is 3.88. The molecule has 1 aromatic carbocycles. The van der Waals surface area contributed by atoms with Crippen LogP contribution in [0.4, 0.5) is 5.69 Å². The van der Waals surface area contributed by atoms with E-state index >= 15 is 0 Å². The number of anilines is 1. The van der Waals surface area contributed by atoms with Crippen molar-refractivity contribution >= 4 is 28.2 Å². The molecular formula is C16H14ClN3O. The molecule has 0 spiro atoms. The second kappa shape index (κ2) is 5.97. The summed E-state index contributed by atoms with van der Waals surface area (Å²) in [5, 5.41) is 5.13. The van der Waals surface area contributed by atoms with Gasteiger partial charge in [-0.25, -0.2) is 4.98 Å². The molecule has 2 heterocycles. The van der Waals surface area contributed by atoms with Gasteiger partial charge in [0.2, 0.25) is 5.88 Å². The maximum Gasteiger partial charge on any atom is 0.212 e. The van der Waals surface area contributed by atoms with Gasteiger partial charge in [-0.1, -0.05) is 17.7 Å². The highest BCUT2D eigenvalue weighted by molar-refractivity contribution is 6.31. The molecule has 0 radical (unpaired) electrons. The van der Waals surface area contributed by atoms with Crippen LogP contribution in [0.5, 0.6) is 5.88 Å². The first-order valence-electron chi connectivity index (χ1n) is 6.53. The van der Waals surface area contributed by atoms with Crippen molar-refractivity contribution < 1.29 is 4.74 Å². The zero-order chi connectivity index (χ0) is 14.7. The highest BCUT2D eigenvalue weighted by Crippen LogP contribution is 2.24. The molecule has 0 aliphatic carbocycles. The Hall–Kier alpha value is -2.33. The van der Waals surface area contributed by atoms with E-state index < -0.39 is 0 Å². The van der Waals surface area contributed by atoms with Gasteiger partial charge in [-0.05, 0) is 29.8 Å². The number of benzene rings is 1. The van der Waals surface area contributed by atoms with Gasteiger partial charge in [-0.15, -0.1) is 0 Å². The monoisotopic (exact) mass is 299 g/mol. The van der Waals surface area contributed by atoms with Crippen molar-refractivity contribution in [2.45, 2.75) is 6.54 Å². The third kappa shape index (κ3) is 3.06. The van der Waals surface area contributed by atoms with Crippen LogP contribution < -0.4 is 10.1 Å². The lowest BCUT2D eigenvalue weighted by atomic mass is 10.2. The lowest BCUT2D eigenvalue weighted by Gasteiger charge is -2.10. The summed E-state index contributed by atoms with van der Waals surface area (Å²) in [4.78, 5) is 8.52. The van der Waals surface area contributed by atoms with Crippen molar-refractivity contribution in [3.05, 3.63) is 59.4 Å². The number of nitrogens with one attached hydrogen (secondary N) is 1. The van der Waals surface area contributed by atoms with Gasteiger partial charge in [0.25, 0.3) is 0 Å². The average molecular weight is 300 g/mol. The number of methoxy groups -OCH3 is 1. The Morgan fingerprint density at radius 2 is 2.05 bits per heavy atom. The van der Waals surface area contributed by atoms with E-state index in [4.69, 9.17) is 16.3 Å². The molecular weight excluding hydrogens is 286 g/mol. The van der Waals surface area contributed by atoms with Crippen molar-refractivity contribution in [2.75, 3.05) is 12.4 Å². The summed E-state index contributed by atoms with van der Waals surface area (Å²) < 4.78 is 5.05. The van der Waals surface area contributed by atoms with Gasteiger partial charge in [-0.3, -0.25) is 4.98 Å². The van der Waals surface area contributed by atoms with Gasteiger partial charge in [0.05, 0.1) is 12.6 Å². The molecule has 0 saturated heterocycles. The molecule has 0 bridgehead atoms. The minimum Gasteiger partial charge on any atom is -0.481 e. The zero-order valence-corrected chi connectivity index (χ0v) is 12.3. The Balaban J connectivity index is 1.81. The maximum atomic E-state index is 5.99. The summed E-state index contributed by atoms with van der Waals surface area (Å²) in [5.41, 5.74) is 2.97. The van der Waals surface area contributed by atoms with Gasteiger partial charge < -0.3 is 10.1 Å². The van der Waals surface area contributed by atoms with Crippen molar-refractivity contribution in [3.63, 3.8) is 0 Å². The quantitative estimate of drug-likeness (QED) is 0.793. The minimum atomic E-state index is 0.614. The predicted octanol–water partition coefficient (Wildman–Crippen LogP) is 3.90. The molecule has 0 saturated carbocycles. The van der Waals surface area contributed by atoms with Crippen LogP contribution in [-0.4, -0.2) is 17.1 Å². The fourth-order valence-electron chi connectivity index (χ4n) is 2.11. The molecule has 0 aliphatic rings. The predicted molar refractivity (Wildman–Crippen MR) is 84.9 cm³/mol. The summed E-state index contributed by atoms with van der Waals surface area (Å²) in [6.07, 6.45) is 3.57. The topological polar surface area (TPSA) is 47.0 Å². The van der Waals surface area contributed by atoms with E-state index in [-0.39, 0.29) is 0 Å². The lowest BCUT2D eigenvalue weighted by molar-refractivity contribution is 0.397. The van der Waals surface area contributed by atoms with Crippen LogP contribution in [0.2, 0.25) is 5.02 Å². The molecule has 0 fully saturated rings. The molecule has 0 atom stereocenters. The summed E-state index contributed by atoms with van der Waals surface area (Å²) in [6, 6.07) is 11.5. The fraction of sp³-hybridized carbons (Fsp3) is 0.125. The largest absolute Gasteiger partial charge is 0.481 e. The summed E-state index contributed by atoms with van der Waals surface area (Å²) >= 11 is 5.99. The van der Waals surface area contributed by atoms with E-state index in [1.807, 2.05) is 36.4 Å². The Labute approximate surface area is 127 Å². The molecule has 2 aromatic heterocycles. The van der Waals surface area contributed by atoms with Gasteiger partial charge in [0, 0.05) is 41.1 Å². The number of rotatable bonds is 4. The highest BCUT2D eigenvalue weighted by Gasteiger charge is 2.03. The number of ether oxygens (including phenoxy) is 1. The van der Waals surface area contributed by atoms with Gasteiger partial charge in [-0.2, -0.15) is 0 Å². The molecule has 0 aliphatic heterocycles. The molecule has 106 valence electrons. The fourth-order valence-corrected chi connectivity index (χ4v) is 2.28. The van der Waals surface area contributed by atoms with Crippen molar-refractivity contribution in [3.8, 4) is 5.88 Å². The van der Waals surface area contributed by atoms with E-state index in [1.165, 1.54) is 0 Å². The number of hydrogen-bond donors (Lipinski definition) is 1. The number of pyridine rings is 2. The van der Waals surface area contributed by atoms with E-state index in [0.29, 0.717) is 17.4 Å². The van der Waals surface area contributed by atoms with Gasteiger partial charge in [0.1, 0.15) is 0 Å². The SMILES string of the molecule is COc1ccc(CNc2ccnc3cc(Cl)ccc23)cn1. The first kappa shape index (κ1) is 13.6. The van der Waals surface area contributed by atoms with Crippen molar-refractivity contribution in [1.82, 2.24) is 9.97 Å². The smallest absolute Gasteiger partial charge is 0.212 e. The van der Waals surface area contributed by atoms with Crippen molar-refractivity contribution in [1.29, 1.82) is 0 Å². The Morgan fingerprint density at radius 1 is 1.14 bits per heavy atom. The first-order chi connectivity index (χ1) is 10.3. The standard InChI is InChI=1S/C16H14ClN3O/c1-21-16-5-2-11(10-20-16)9-19-14-6-7-18-15-8-12(17)3-4-13(14)15/h2-8,10H,9H2,1H3,(H,18,19). The third-order valence-corrected chi connectivity index (χ3v) is 3.43. The van der Waals surface area contributed by atoms with Crippen LogP contribution in [0.15, 0.2) is 48.8 Å². The minimum absolute atomic E-state index is 0.614. The second-order valence-corrected chi connectivity index (χ2v) is 5.02. The summed E-state index contributed by atoms with van der Waals surface area (Å²) in [7, 11) is 1.61. The molecule has 3 rings (SSSR count). The van der Waals surface area contributed by atoms with E-state index in [2.05, 4.69) is 15.3 Å². The third-order valence-electron chi connectivity index (χ3n) is 3.19. The zero-order valence-electron chi connectivity index (χ0n) is 11.5. The van der Waals surface area contributed by atoms with Crippen LogP contribution in [0.1, 0.15) is 5.56 Å². The first-order valence-corrected chi connectivity index (χ1v) is 6.91. The van der Waals surface area contributed by atoms with Crippen LogP contribution in [-0.2, 0) is 6.54 Å². The number of fused-ring (bicyclic) bond motifs is 1. The van der Waals surface area contributed by atoms with Crippen LogP contribution in [0, 0.1) is 0 Å². The molecule has 4 nitrogen and oxygen atoms in total. The molecule has 1 N–H and O–H groups in total. The molecule has 5 heteroatoms. The number of nitrogens with zero attached hydrogens (tertiary/aromatic N) is 2. The molecule has 21 heavy (non-hydrogen) atoms. The Bertz CT molecular complexity index is 759. The average Bonchev–Trinajstić information content (AvgIpc) is 2.53. The van der Waals surface area contributed by atoms with Crippen molar-refractivity contribution in [2.24, 2.45) is 0 Å². The lowest BCUT2D eigenvalue weighted by Crippen LogP contribution is -2.01. The normalized spacial score (nSPS) is 10.6. The van der Waals surface area contributed by atoms with Crippen LogP contribution >= 0.6 is 11.6 Å².